The van der Waals surface area contributed by atoms with Crippen LogP contribution in [-0.2, 0) is 101 Å². The Labute approximate surface area is 679 Å². The summed E-state index contributed by atoms with van der Waals surface area (Å²) < 4.78 is 68.0. The molecule has 2 unspecified atom stereocenters. The van der Waals surface area contributed by atoms with Gasteiger partial charge in [0, 0.05) is 107 Å². The highest BCUT2D eigenvalue weighted by atomic mass is 32.2. The van der Waals surface area contributed by atoms with E-state index in [0.717, 1.165) is 16.9 Å². The first kappa shape index (κ1) is 145. The molecule has 0 saturated carbocycles. The Hall–Kier alpha value is -7.44. The fourth-order valence-corrected chi connectivity index (χ4v) is 8.15. The van der Waals surface area contributed by atoms with Crippen molar-refractivity contribution in [2.75, 3.05) is 13.2 Å². The van der Waals surface area contributed by atoms with Crippen LogP contribution < -0.4 is 15.4 Å². The van der Waals surface area contributed by atoms with E-state index in [2.05, 4.69) is 50.6 Å². The number of sulfonamides is 1. The number of esters is 2. The predicted molar refractivity (Wildman–Crippen MR) is 463 cm³/mol. The standard InChI is InChI=1S/C9H13NO2.C8H11NO2.C7H9NO2.C7H12O2.C6H13NO.C6H11NO.C6H10O2.C6H12O2.C6H10O2.C5H11NO2S.C5H10O3S.11CH4/c1-5(2)10-8(11)6(3)7(4)9(10)12;1-5(2)9-7(10)4-6(3)8(9)11;1-5(2)8-6(9)3-4-7(8)10;1-5(2)6(8)7(3)4-9-7;2*1-4-6(8)7-5(2)3;1-4(2)6(7)5-3-8-5;2*1-4-6(7)8-5(2)3;1-4-9(7,8)6-5(2)3;1-4-9(6,7)8-5(2)3;;;;;;;;;;;/h5H,1-4H3;4-5H,1-3H3;3-5H,1-2H3;5H,4H2,1-3H3;5H,4H2,1-3H3,(H,7,8);4-5H,1H2,2-3H3,(H,7,8);4-5H,3H2,1-2H3;5H,4H2,1-3H3;4-5H,1H2,2-3H3;4-6H,1H2,2-3H3;4-5H,1H2,2-3H3;11*1H4. The Morgan fingerprint density at radius 2 is 0.901 bits per heavy atom. The minimum absolute atomic E-state index is 0. The third kappa shape index (κ3) is 72.6. The molecule has 111 heavy (non-hydrogen) atoms. The van der Waals surface area contributed by atoms with Crippen LogP contribution in [0.25, 0.3) is 0 Å². The molecule has 0 aromatic heterocycles. The summed E-state index contributed by atoms with van der Waals surface area (Å²) in [5.74, 6) is -0.819. The molecule has 5 aliphatic rings. The molecule has 0 aromatic carbocycles. The van der Waals surface area contributed by atoms with Crippen molar-refractivity contribution in [2.24, 2.45) is 11.8 Å². The first-order chi connectivity index (χ1) is 45.5. The molecule has 0 bridgehead atoms. The molecule has 2 atom stereocenters. The lowest BCUT2D eigenvalue weighted by Gasteiger charge is -2.18. The fraction of sp³-hybridized carbons (Fsp3) is 0.683. The van der Waals surface area contributed by atoms with Gasteiger partial charge in [0.05, 0.1) is 36.9 Å². The molecule has 2 saturated heterocycles. The number of amides is 8. The van der Waals surface area contributed by atoms with E-state index < -0.39 is 25.7 Å². The van der Waals surface area contributed by atoms with Crippen LogP contribution in [0.1, 0.15) is 288 Å². The number of carbonyl (C=O) groups excluding carboxylic acids is 12. The lowest BCUT2D eigenvalue weighted by Crippen LogP contribution is -2.37. The van der Waals surface area contributed by atoms with Crippen molar-refractivity contribution in [1.82, 2.24) is 30.1 Å². The number of rotatable bonds is 21. The third-order valence-electron chi connectivity index (χ3n) is 11.7. The van der Waals surface area contributed by atoms with Gasteiger partial charge >= 0.3 is 11.9 Å². The first-order valence-corrected chi connectivity index (χ1v) is 36.0. The number of hydrogen-bond acceptors (Lipinski definition) is 21. The third-order valence-corrected chi connectivity index (χ3v) is 14.0. The lowest BCUT2D eigenvalue weighted by molar-refractivity contribution is -0.147. The second-order valence-electron chi connectivity index (χ2n) is 25.5. The lowest BCUT2D eigenvalue weighted by atomic mass is 9.98. The summed E-state index contributed by atoms with van der Waals surface area (Å²) in [4.78, 5) is 134. The summed E-state index contributed by atoms with van der Waals surface area (Å²) in [6.07, 6.45) is 7.06. The van der Waals surface area contributed by atoms with E-state index >= 15 is 0 Å². The maximum atomic E-state index is 11.4. The molecule has 0 aliphatic carbocycles. The van der Waals surface area contributed by atoms with Crippen LogP contribution in [0.3, 0.4) is 0 Å². The number of Topliss-reactive ketones (excluding diaryl/α,β-unsaturated/α-hetero) is 2. The Morgan fingerprint density at radius 1 is 0.523 bits per heavy atom. The fourth-order valence-electron chi connectivity index (χ4n) is 6.78. The van der Waals surface area contributed by atoms with Gasteiger partial charge < -0.3 is 29.6 Å². The number of nitrogens with zero attached hydrogens (tertiary/aromatic N) is 3. The minimum atomic E-state index is -3.45. The molecule has 0 spiro atoms. The van der Waals surface area contributed by atoms with Gasteiger partial charge in [0.15, 0.2) is 11.6 Å². The molecule has 0 radical (unpaired) electrons. The topological polar surface area (TPSA) is 372 Å². The van der Waals surface area contributed by atoms with E-state index in [9.17, 15) is 74.4 Å². The first-order valence-electron chi connectivity index (χ1n) is 33.0. The monoisotopic (exact) mass is 1640 g/mol. The van der Waals surface area contributed by atoms with Gasteiger partial charge in [-0.15, -0.1) is 0 Å². The van der Waals surface area contributed by atoms with E-state index in [0.29, 0.717) is 42.8 Å². The van der Waals surface area contributed by atoms with Gasteiger partial charge in [-0.2, -0.15) is 8.42 Å². The van der Waals surface area contributed by atoms with Gasteiger partial charge in [-0.05, 0) is 158 Å². The molecule has 2 fully saturated rings. The highest BCUT2D eigenvalue weighted by molar-refractivity contribution is 7.92. The SMILES string of the molecule is C.C.C.C.C.C.C.C.C.C.C.C=CC(=O)NC(C)C.C=CC(=O)OC(C)C.C=CS(=O)(=O)NC(C)C.C=CS(=O)(=O)OC(C)C.CC(C)C(=O)C1(C)CO1.CC(C)C(=O)C1CO1.CC(C)N1C(=O)C=CC1=O.CC1=C(C)C(=O)N(C(C)C)C1=O.CC1=CC(=O)N(C(C)C)C1=O.CCC(=O)NC(C)C.CCC(=O)OC(C)C. The molecule has 29 heteroatoms. The Balaban J connectivity index is -0.0000000580. The molecule has 5 aliphatic heterocycles. The van der Waals surface area contributed by atoms with Crippen LogP contribution in [0.2, 0.25) is 0 Å². The predicted octanol–water partition coefficient (Wildman–Crippen LogP) is 16.2. The van der Waals surface area contributed by atoms with E-state index in [-0.39, 0.29) is 225 Å². The normalized spacial score (nSPS) is 14.5. The maximum Gasteiger partial charge on any atom is 0.330 e. The van der Waals surface area contributed by atoms with Crippen molar-refractivity contribution in [3.8, 4) is 0 Å². The zero-order chi connectivity index (χ0) is 80.3. The highest BCUT2D eigenvalue weighted by Crippen LogP contribution is 2.29. The van der Waals surface area contributed by atoms with Crippen molar-refractivity contribution in [1.29, 1.82) is 0 Å². The highest BCUT2D eigenvalue weighted by Gasteiger charge is 2.47. The van der Waals surface area contributed by atoms with Crippen LogP contribution in [0, 0.1) is 11.8 Å². The molecule has 662 valence electrons. The summed E-state index contributed by atoms with van der Waals surface area (Å²) in [5.41, 5.74) is 1.28. The van der Waals surface area contributed by atoms with Crippen molar-refractivity contribution in [3.63, 3.8) is 0 Å². The quantitative estimate of drug-likeness (QED) is 0.0316. The van der Waals surface area contributed by atoms with Gasteiger partial charge in [0.25, 0.3) is 45.6 Å². The zero-order valence-electron chi connectivity index (χ0n) is 64.9. The molecule has 5 rings (SSSR count). The van der Waals surface area contributed by atoms with Crippen molar-refractivity contribution >= 4 is 90.9 Å². The molecule has 8 amide bonds. The number of ether oxygens (including phenoxy) is 4. The number of ketones is 2. The van der Waals surface area contributed by atoms with Crippen molar-refractivity contribution in [3.05, 3.63) is 84.2 Å². The Morgan fingerprint density at radius 3 is 1.03 bits per heavy atom. The summed E-state index contributed by atoms with van der Waals surface area (Å²) in [5, 5.41) is 7.07. The van der Waals surface area contributed by atoms with Crippen molar-refractivity contribution in [2.45, 2.75) is 355 Å². The molecule has 5 heterocycles. The van der Waals surface area contributed by atoms with Crippen LogP contribution in [0.15, 0.2) is 84.2 Å². The average Bonchev–Trinajstić information content (AvgIpc) is 1.66. The van der Waals surface area contributed by atoms with Gasteiger partial charge in [-0.1, -0.05) is 150 Å². The Bertz CT molecular complexity index is 2900. The smallest absolute Gasteiger partial charge is 0.330 e. The number of carbonyl (C=O) groups is 12. The van der Waals surface area contributed by atoms with Gasteiger partial charge in [-0.25, -0.2) is 17.9 Å². The van der Waals surface area contributed by atoms with Crippen molar-refractivity contribution < 1.29 is 97.5 Å². The average molecular weight is 1640 g/mol. The van der Waals surface area contributed by atoms with Crippen LogP contribution >= 0.6 is 0 Å². The summed E-state index contributed by atoms with van der Waals surface area (Å²) in [6, 6.07) is 0.312. The maximum absolute atomic E-state index is 11.4. The molecular weight excluding hydrogens is 1470 g/mol. The number of imide groups is 3. The summed E-state index contributed by atoms with van der Waals surface area (Å²) in [7, 11) is -6.66. The van der Waals surface area contributed by atoms with Gasteiger partial charge in [-0.3, -0.25) is 71.6 Å². The van der Waals surface area contributed by atoms with E-state index in [1.165, 1.54) is 39.0 Å². The summed E-state index contributed by atoms with van der Waals surface area (Å²) >= 11 is 0. The molecule has 27 nitrogen and oxygen atoms in total. The second kappa shape index (κ2) is 74.0. The molecule has 0 aromatic rings. The zero-order valence-corrected chi connectivity index (χ0v) is 66.5. The number of epoxide rings is 2. The Kier molecular flexibility index (Phi) is 96.9. The van der Waals surface area contributed by atoms with Crippen LogP contribution in [-0.4, -0.2) is 182 Å². The molecular formula is C82H166N6O21S2. The minimum Gasteiger partial charge on any atom is -0.463 e. The largest absolute Gasteiger partial charge is 0.463 e. The second-order valence-corrected chi connectivity index (χ2v) is 28.6. The van der Waals surface area contributed by atoms with Crippen LogP contribution in [0.5, 0.6) is 0 Å². The van der Waals surface area contributed by atoms with E-state index in [1.807, 2.05) is 125 Å². The van der Waals surface area contributed by atoms with Crippen LogP contribution in [0.4, 0.5) is 0 Å². The number of hydrogen-bond donors (Lipinski definition) is 3. The van der Waals surface area contributed by atoms with Gasteiger partial charge in [0.1, 0.15) is 11.7 Å². The van der Waals surface area contributed by atoms with E-state index in [4.69, 9.17) is 14.2 Å². The van der Waals surface area contributed by atoms with E-state index in [1.54, 1.807) is 69.2 Å². The molecule has 3 N–H and O–H groups in total. The number of nitrogens with one attached hydrogen (secondary N) is 3. The van der Waals surface area contributed by atoms with Gasteiger partial charge in [0.2, 0.25) is 21.8 Å². The summed E-state index contributed by atoms with van der Waals surface area (Å²) in [6.45, 7) is 64.8.